The molecule has 3 rings (SSSR count). The lowest BCUT2D eigenvalue weighted by atomic mass is 10.1. The Morgan fingerprint density at radius 1 is 1.30 bits per heavy atom. The van der Waals surface area contributed by atoms with Crippen molar-refractivity contribution in [1.29, 1.82) is 0 Å². The van der Waals surface area contributed by atoms with Gasteiger partial charge < -0.3 is 0 Å². The van der Waals surface area contributed by atoms with E-state index in [-0.39, 0.29) is 0 Å². The average Bonchev–Trinajstić information content (AvgIpc) is 3.10. The molecule has 20 heavy (non-hydrogen) atoms. The van der Waals surface area contributed by atoms with E-state index in [1.807, 2.05) is 12.1 Å². The summed E-state index contributed by atoms with van der Waals surface area (Å²) in [6.07, 6.45) is 5.18. The van der Waals surface area contributed by atoms with Gasteiger partial charge in [-0.3, -0.25) is 4.21 Å². The van der Waals surface area contributed by atoms with E-state index in [9.17, 15) is 4.21 Å². The fraction of sp³-hybridized carbons (Fsp3) is 0.500. The molecular formula is C14H16ClNOS3. The predicted molar refractivity (Wildman–Crippen MR) is 88.2 cm³/mol. The standard InChI is InChI=1S/C14H16ClNOS3/c15-13-6-5-12(19-13)9-20(17)8-11-7-18-14(16-11)10-3-1-2-4-10/h5-7,10H,1-4,8-9H2. The molecule has 6 heteroatoms. The molecule has 1 unspecified atom stereocenters. The second kappa shape index (κ2) is 6.69. The van der Waals surface area contributed by atoms with E-state index in [0.717, 1.165) is 14.9 Å². The van der Waals surface area contributed by atoms with Crippen molar-refractivity contribution in [1.82, 2.24) is 4.98 Å². The molecule has 0 N–H and O–H groups in total. The minimum Gasteiger partial charge on any atom is -0.259 e. The first-order valence-corrected chi connectivity index (χ1v) is 10.3. The van der Waals surface area contributed by atoms with Crippen molar-refractivity contribution in [3.8, 4) is 0 Å². The number of aromatic nitrogens is 1. The molecule has 2 aromatic rings. The molecule has 0 amide bonds. The van der Waals surface area contributed by atoms with E-state index in [0.29, 0.717) is 17.4 Å². The third kappa shape index (κ3) is 3.70. The van der Waals surface area contributed by atoms with Crippen LogP contribution in [0.3, 0.4) is 0 Å². The Labute approximate surface area is 134 Å². The first kappa shape index (κ1) is 14.7. The zero-order valence-corrected chi connectivity index (χ0v) is 14.2. The maximum Gasteiger partial charge on any atom is 0.0959 e. The molecule has 0 saturated heterocycles. The fourth-order valence-electron chi connectivity index (χ4n) is 2.55. The highest BCUT2D eigenvalue weighted by molar-refractivity contribution is 7.83. The summed E-state index contributed by atoms with van der Waals surface area (Å²) in [6, 6.07) is 3.82. The Morgan fingerprint density at radius 3 is 2.80 bits per heavy atom. The first-order chi connectivity index (χ1) is 9.70. The molecule has 0 radical (unpaired) electrons. The molecule has 2 nitrogen and oxygen atoms in total. The highest BCUT2D eigenvalue weighted by atomic mass is 35.5. The molecule has 2 aromatic heterocycles. The van der Waals surface area contributed by atoms with E-state index in [1.54, 1.807) is 11.3 Å². The molecule has 0 spiro atoms. The molecule has 0 bridgehead atoms. The zero-order valence-electron chi connectivity index (χ0n) is 11.0. The van der Waals surface area contributed by atoms with Gasteiger partial charge in [0.1, 0.15) is 0 Å². The summed E-state index contributed by atoms with van der Waals surface area (Å²) in [5, 5.41) is 3.32. The summed E-state index contributed by atoms with van der Waals surface area (Å²) >= 11 is 9.13. The van der Waals surface area contributed by atoms with Crippen molar-refractivity contribution < 1.29 is 4.21 Å². The lowest BCUT2D eigenvalue weighted by Crippen LogP contribution is -1.99. The van der Waals surface area contributed by atoms with Crippen molar-refractivity contribution >= 4 is 45.1 Å². The zero-order chi connectivity index (χ0) is 13.9. The predicted octanol–water partition coefficient (Wildman–Crippen LogP) is 4.96. The molecular weight excluding hydrogens is 330 g/mol. The highest BCUT2D eigenvalue weighted by Crippen LogP contribution is 2.35. The van der Waals surface area contributed by atoms with Crippen molar-refractivity contribution in [2.24, 2.45) is 0 Å². The van der Waals surface area contributed by atoms with Gasteiger partial charge in [0.2, 0.25) is 0 Å². The maximum absolute atomic E-state index is 12.2. The molecule has 1 aliphatic carbocycles. The summed E-state index contributed by atoms with van der Waals surface area (Å²) in [5.41, 5.74) is 0.984. The van der Waals surface area contributed by atoms with Gasteiger partial charge in [-0.05, 0) is 25.0 Å². The second-order valence-electron chi connectivity index (χ2n) is 5.09. The van der Waals surface area contributed by atoms with Crippen LogP contribution in [0.5, 0.6) is 0 Å². The Balaban J connectivity index is 1.58. The Kier molecular flexibility index (Phi) is 4.91. The van der Waals surface area contributed by atoms with E-state index in [2.05, 4.69) is 10.4 Å². The van der Waals surface area contributed by atoms with E-state index in [1.165, 1.54) is 42.0 Å². The molecule has 108 valence electrons. The van der Waals surface area contributed by atoms with Crippen molar-refractivity contribution in [2.75, 3.05) is 0 Å². The third-order valence-corrected chi connectivity index (χ3v) is 7.24. The van der Waals surface area contributed by atoms with Crippen LogP contribution in [0.4, 0.5) is 0 Å². The van der Waals surface area contributed by atoms with E-state index < -0.39 is 10.8 Å². The first-order valence-electron chi connectivity index (χ1n) is 6.74. The summed E-state index contributed by atoms with van der Waals surface area (Å²) < 4.78 is 12.9. The van der Waals surface area contributed by atoms with Crippen molar-refractivity contribution in [3.63, 3.8) is 0 Å². The molecule has 2 heterocycles. The largest absolute Gasteiger partial charge is 0.259 e. The summed E-state index contributed by atoms with van der Waals surface area (Å²) in [5.74, 6) is 1.78. The number of thiophene rings is 1. The van der Waals surface area contributed by atoms with Crippen molar-refractivity contribution in [2.45, 2.75) is 43.1 Å². The van der Waals surface area contributed by atoms with Gasteiger partial charge in [0, 0.05) is 27.0 Å². The van der Waals surface area contributed by atoms with Gasteiger partial charge in [-0.15, -0.1) is 22.7 Å². The van der Waals surface area contributed by atoms with Gasteiger partial charge in [0.05, 0.1) is 26.5 Å². The van der Waals surface area contributed by atoms with Crippen LogP contribution in [0.2, 0.25) is 4.34 Å². The minimum absolute atomic E-state index is 0.554. The summed E-state index contributed by atoms with van der Waals surface area (Å²) in [4.78, 5) is 5.76. The van der Waals surface area contributed by atoms with Gasteiger partial charge in [0.25, 0.3) is 0 Å². The number of halogens is 1. The van der Waals surface area contributed by atoms with Gasteiger partial charge in [-0.1, -0.05) is 24.4 Å². The SMILES string of the molecule is O=S(Cc1csc(C2CCCC2)n1)Cc1ccc(Cl)s1. The van der Waals surface area contributed by atoms with Crippen LogP contribution in [-0.4, -0.2) is 9.19 Å². The molecule has 0 aliphatic heterocycles. The summed E-state index contributed by atoms with van der Waals surface area (Å²) in [7, 11) is -0.901. The molecule has 1 fully saturated rings. The number of rotatable bonds is 5. The maximum atomic E-state index is 12.2. The van der Waals surface area contributed by atoms with Crippen LogP contribution < -0.4 is 0 Å². The van der Waals surface area contributed by atoms with Crippen LogP contribution in [0.25, 0.3) is 0 Å². The topological polar surface area (TPSA) is 30.0 Å². The molecule has 1 aliphatic rings. The van der Waals surface area contributed by atoms with Crippen LogP contribution >= 0.6 is 34.3 Å². The van der Waals surface area contributed by atoms with Gasteiger partial charge >= 0.3 is 0 Å². The average molecular weight is 346 g/mol. The number of hydrogen-bond donors (Lipinski definition) is 0. The fourth-order valence-corrected chi connectivity index (χ4v) is 6.16. The van der Waals surface area contributed by atoms with E-state index >= 15 is 0 Å². The van der Waals surface area contributed by atoms with Crippen LogP contribution in [0, 0.1) is 0 Å². The van der Waals surface area contributed by atoms with Crippen LogP contribution in [0.15, 0.2) is 17.5 Å². The Hall–Kier alpha value is -0.230. The minimum atomic E-state index is -0.901. The molecule has 0 aromatic carbocycles. The monoisotopic (exact) mass is 345 g/mol. The van der Waals surface area contributed by atoms with Crippen LogP contribution in [0.1, 0.15) is 47.2 Å². The number of hydrogen-bond acceptors (Lipinski definition) is 4. The molecule has 1 saturated carbocycles. The lowest BCUT2D eigenvalue weighted by Gasteiger charge is -2.02. The summed E-state index contributed by atoms with van der Waals surface area (Å²) in [6.45, 7) is 0. The number of thiazole rings is 1. The number of nitrogens with zero attached hydrogens (tertiary/aromatic N) is 1. The van der Waals surface area contributed by atoms with Crippen molar-refractivity contribution in [3.05, 3.63) is 37.4 Å². The Morgan fingerprint density at radius 2 is 2.10 bits per heavy atom. The molecule has 1 atom stereocenters. The normalized spacial score (nSPS) is 17.6. The lowest BCUT2D eigenvalue weighted by molar-refractivity contribution is 0.681. The van der Waals surface area contributed by atoms with E-state index in [4.69, 9.17) is 11.6 Å². The Bertz CT molecular complexity index is 601. The third-order valence-electron chi connectivity index (χ3n) is 3.51. The smallest absolute Gasteiger partial charge is 0.0959 e. The van der Waals surface area contributed by atoms with Crippen LogP contribution in [-0.2, 0) is 22.3 Å². The van der Waals surface area contributed by atoms with Gasteiger partial charge in [-0.2, -0.15) is 0 Å². The second-order valence-corrected chi connectivity index (χ2v) is 9.24. The quantitative estimate of drug-likeness (QED) is 0.766. The van der Waals surface area contributed by atoms with Gasteiger partial charge in [-0.25, -0.2) is 4.98 Å². The van der Waals surface area contributed by atoms with Gasteiger partial charge in [0.15, 0.2) is 0 Å². The highest BCUT2D eigenvalue weighted by Gasteiger charge is 2.20.